The lowest BCUT2D eigenvalue weighted by atomic mass is 10.1. The van der Waals surface area contributed by atoms with Gasteiger partial charge in [-0.1, -0.05) is 32.0 Å². The first-order valence-corrected chi connectivity index (χ1v) is 11.3. The Morgan fingerprint density at radius 3 is 2.21 bits per heavy atom. The van der Waals surface area contributed by atoms with E-state index in [9.17, 15) is 36.0 Å². The molecule has 2 rings (SSSR count). The van der Waals surface area contributed by atoms with Gasteiger partial charge in [-0.05, 0) is 41.8 Å². The topological polar surface area (TPSA) is 145 Å². The van der Waals surface area contributed by atoms with Gasteiger partial charge in [0.25, 0.3) is 15.9 Å². The Balaban J connectivity index is 2.07. The van der Waals surface area contributed by atoms with Crippen LogP contribution in [0.2, 0.25) is 0 Å². The zero-order valence-electron chi connectivity index (χ0n) is 18.0. The highest BCUT2D eigenvalue weighted by Gasteiger charge is 2.32. The number of carbonyl (C=O) groups is 3. The number of rotatable bonds is 8. The highest BCUT2D eigenvalue weighted by atomic mass is 32.2. The number of ether oxygens (including phenoxy) is 1. The number of primary amides is 1. The van der Waals surface area contributed by atoms with Crippen LogP contribution < -0.4 is 15.8 Å². The molecule has 2 aromatic carbocycles. The van der Waals surface area contributed by atoms with Crippen LogP contribution in [0, 0.1) is 5.92 Å². The highest BCUT2D eigenvalue weighted by molar-refractivity contribution is 7.92. The van der Waals surface area contributed by atoms with Crippen molar-refractivity contribution in [3.05, 3.63) is 59.7 Å². The first-order chi connectivity index (χ1) is 15.7. The molecule has 0 aromatic heterocycles. The Hall–Kier alpha value is -3.61. The van der Waals surface area contributed by atoms with Crippen LogP contribution >= 0.6 is 0 Å². The van der Waals surface area contributed by atoms with Gasteiger partial charge in [-0.2, -0.15) is 13.2 Å². The summed E-state index contributed by atoms with van der Waals surface area (Å²) in [5, 5.41) is 1.84. The summed E-state index contributed by atoms with van der Waals surface area (Å²) in [5.74, 6) is -2.10. The SMILES string of the molecule is CC(C)C(OC(=O)Cc1ccc(NS(=O)(=O)c2cccc(C(F)(F)F)c2)cc1)C(=O)NC(N)=O. The number of nitrogens with two attached hydrogens (primary N) is 1. The van der Waals surface area contributed by atoms with Crippen molar-refractivity contribution < 1.29 is 40.7 Å². The summed E-state index contributed by atoms with van der Waals surface area (Å²) in [7, 11) is -4.30. The van der Waals surface area contributed by atoms with E-state index in [0.29, 0.717) is 11.6 Å². The molecule has 4 N–H and O–H groups in total. The molecule has 1 unspecified atom stereocenters. The zero-order chi connectivity index (χ0) is 25.7. The number of esters is 1. The lowest BCUT2D eigenvalue weighted by Crippen LogP contribution is -2.45. The summed E-state index contributed by atoms with van der Waals surface area (Å²) in [6.45, 7) is 3.20. The van der Waals surface area contributed by atoms with Crippen LogP contribution in [0.25, 0.3) is 0 Å². The van der Waals surface area contributed by atoms with E-state index >= 15 is 0 Å². The van der Waals surface area contributed by atoms with Crippen molar-refractivity contribution in [1.82, 2.24) is 5.32 Å². The van der Waals surface area contributed by atoms with Gasteiger partial charge >= 0.3 is 18.2 Å². The number of benzene rings is 2. The third-order valence-electron chi connectivity index (χ3n) is 4.40. The van der Waals surface area contributed by atoms with E-state index in [-0.39, 0.29) is 12.1 Å². The standard InChI is InChI=1S/C21H22F3N3O6S/c1-12(2)18(19(29)26-20(25)30)33-17(28)10-13-6-8-15(9-7-13)27-34(31,32)16-5-3-4-14(11-16)21(22,23)24/h3-9,11-12,18,27H,10H2,1-2H3,(H3,25,26,29,30). The maximum atomic E-state index is 12.9. The number of halogens is 3. The molecule has 34 heavy (non-hydrogen) atoms. The fourth-order valence-electron chi connectivity index (χ4n) is 2.78. The molecule has 1 atom stereocenters. The van der Waals surface area contributed by atoms with Crippen molar-refractivity contribution in [2.24, 2.45) is 11.7 Å². The van der Waals surface area contributed by atoms with Gasteiger partial charge < -0.3 is 10.5 Å². The number of nitrogens with one attached hydrogen (secondary N) is 2. The lowest BCUT2D eigenvalue weighted by Gasteiger charge is -2.19. The van der Waals surface area contributed by atoms with E-state index in [0.717, 1.165) is 18.2 Å². The van der Waals surface area contributed by atoms with Crippen molar-refractivity contribution in [2.45, 2.75) is 37.4 Å². The van der Waals surface area contributed by atoms with Gasteiger partial charge in [-0.3, -0.25) is 19.6 Å². The van der Waals surface area contributed by atoms with Crippen molar-refractivity contribution in [1.29, 1.82) is 0 Å². The van der Waals surface area contributed by atoms with Crippen LogP contribution in [-0.4, -0.2) is 32.4 Å². The number of hydrogen-bond donors (Lipinski definition) is 3. The normalized spacial score (nSPS) is 12.6. The number of carbonyl (C=O) groups excluding carboxylic acids is 3. The molecule has 184 valence electrons. The predicted molar refractivity (Wildman–Crippen MR) is 115 cm³/mol. The van der Waals surface area contributed by atoms with Gasteiger partial charge in [0, 0.05) is 5.69 Å². The highest BCUT2D eigenvalue weighted by Crippen LogP contribution is 2.31. The molecule has 0 spiro atoms. The first-order valence-electron chi connectivity index (χ1n) is 9.78. The molecule has 0 bridgehead atoms. The molecule has 0 radical (unpaired) electrons. The molecule has 0 fully saturated rings. The number of sulfonamides is 1. The van der Waals surface area contributed by atoms with Gasteiger partial charge in [-0.15, -0.1) is 0 Å². The smallest absolute Gasteiger partial charge is 0.416 e. The molecular weight excluding hydrogens is 479 g/mol. The van der Waals surface area contributed by atoms with E-state index in [1.54, 1.807) is 13.8 Å². The fourth-order valence-corrected chi connectivity index (χ4v) is 3.88. The Morgan fingerprint density at radius 2 is 1.68 bits per heavy atom. The number of urea groups is 1. The third-order valence-corrected chi connectivity index (χ3v) is 5.77. The van der Waals surface area contributed by atoms with E-state index in [4.69, 9.17) is 10.5 Å². The summed E-state index contributed by atoms with van der Waals surface area (Å²) < 4.78 is 70.8. The van der Waals surface area contributed by atoms with Crippen LogP contribution in [-0.2, 0) is 36.9 Å². The minimum Gasteiger partial charge on any atom is -0.452 e. The van der Waals surface area contributed by atoms with Crippen LogP contribution in [0.15, 0.2) is 53.4 Å². The zero-order valence-corrected chi connectivity index (χ0v) is 18.9. The minimum atomic E-state index is -4.70. The van der Waals surface area contributed by atoms with Gasteiger partial charge in [-0.25, -0.2) is 13.2 Å². The van der Waals surface area contributed by atoms with Crippen molar-refractivity contribution in [2.75, 3.05) is 4.72 Å². The molecule has 13 heteroatoms. The molecule has 0 aliphatic carbocycles. The van der Waals surface area contributed by atoms with Crippen LogP contribution in [0.1, 0.15) is 25.0 Å². The van der Waals surface area contributed by atoms with Gasteiger partial charge in [0.05, 0.1) is 16.9 Å². The Bertz CT molecular complexity index is 1170. The molecular formula is C21H22F3N3O6S. The van der Waals surface area contributed by atoms with Gasteiger partial charge in [0.15, 0.2) is 6.10 Å². The van der Waals surface area contributed by atoms with Crippen LogP contribution in [0.4, 0.5) is 23.7 Å². The molecule has 2 aromatic rings. The third kappa shape index (κ3) is 7.47. The molecule has 0 saturated carbocycles. The summed E-state index contributed by atoms with van der Waals surface area (Å²) in [5.41, 5.74) is 4.25. The first kappa shape index (κ1) is 26.6. The van der Waals surface area contributed by atoms with E-state index in [2.05, 4.69) is 4.72 Å². The molecule has 0 aliphatic heterocycles. The monoisotopic (exact) mass is 501 g/mol. The van der Waals surface area contributed by atoms with Crippen molar-refractivity contribution in [3.8, 4) is 0 Å². The molecule has 9 nitrogen and oxygen atoms in total. The average molecular weight is 501 g/mol. The molecule has 0 saturated heterocycles. The molecule has 0 heterocycles. The van der Waals surface area contributed by atoms with E-state index < -0.39 is 56.6 Å². The van der Waals surface area contributed by atoms with Gasteiger partial charge in [0.1, 0.15) is 0 Å². The van der Waals surface area contributed by atoms with E-state index in [1.165, 1.54) is 24.3 Å². The predicted octanol–water partition coefficient (Wildman–Crippen LogP) is 2.81. The summed E-state index contributed by atoms with van der Waals surface area (Å²) in [6.07, 6.45) is -6.22. The van der Waals surface area contributed by atoms with Crippen LogP contribution in [0.3, 0.4) is 0 Å². The Morgan fingerprint density at radius 1 is 1.06 bits per heavy atom. The summed E-state index contributed by atoms with van der Waals surface area (Å²) in [6, 6.07) is 7.64. The Labute approximate surface area is 193 Å². The lowest BCUT2D eigenvalue weighted by molar-refractivity contribution is -0.157. The quantitative estimate of drug-likeness (QED) is 0.475. The fraction of sp³-hybridized carbons (Fsp3) is 0.286. The Kier molecular flexibility index (Phi) is 8.26. The largest absolute Gasteiger partial charge is 0.452 e. The second-order valence-corrected chi connectivity index (χ2v) is 9.20. The average Bonchev–Trinajstić information content (AvgIpc) is 2.72. The van der Waals surface area contributed by atoms with Crippen molar-refractivity contribution >= 4 is 33.6 Å². The summed E-state index contributed by atoms with van der Waals surface area (Å²) >= 11 is 0. The van der Waals surface area contributed by atoms with Crippen LogP contribution in [0.5, 0.6) is 0 Å². The number of alkyl halides is 3. The number of imide groups is 1. The minimum absolute atomic E-state index is 0.0513. The maximum Gasteiger partial charge on any atom is 0.416 e. The maximum absolute atomic E-state index is 12.9. The van der Waals surface area contributed by atoms with E-state index in [1.807, 2.05) is 5.32 Å². The second-order valence-electron chi connectivity index (χ2n) is 7.51. The molecule has 0 aliphatic rings. The second kappa shape index (κ2) is 10.5. The number of amides is 3. The van der Waals surface area contributed by atoms with Gasteiger partial charge in [0.2, 0.25) is 0 Å². The van der Waals surface area contributed by atoms with Crippen molar-refractivity contribution in [3.63, 3.8) is 0 Å². The molecule has 3 amide bonds. The number of hydrogen-bond acceptors (Lipinski definition) is 6. The number of anilines is 1. The summed E-state index contributed by atoms with van der Waals surface area (Å²) in [4.78, 5) is 34.4.